The molecule has 1 unspecified atom stereocenters. The molecule has 3 aromatic carbocycles. The molecule has 0 N–H and O–H groups in total. The van der Waals surface area contributed by atoms with Gasteiger partial charge in [-0.25, -0.2) is 5.01 Å². The molecule has 1 aliphatic rings. The number of nitrogens with zero attached hydrogens (tertiary/aromatic N) is 3. The van der Waals surface area contributed by atoms with E-state index < -0.39 is 32.0 Å². The summed E-state index contributed by atoms with van der Waals surface area (Å²) >= 11 is 6.27. The Bertz CT molecular complexity index is 1360. The highest BCUT2D eigenvalue weighted by molar-refractivity contribution is 7.90. The lowest BCUT2D eigenvalue weighted by atomic mass is 9.91. The fraction of sp³-hybridized carbons (Fsp3) is 0.167. The summed E-state index contributed by atoms with van der Waals surface area (Å²) in [6.07, 6.45) is -4.59. The first-order valence-electron chi connectivity index (χ1n) is 10.3. The van der Waals surface area contributed by atoms with Crippen molar-refractivity contribution in [3.8, 4) is 5.75 Å². The van der Waals surface area contributed by atoms with Gasteiger partial charge in [0.1, 0.15) is 5.75 Å². The first kappa shape index (κ1) is 24.7. The van der Waals surface area contributed by atoms with Crippen molar-refractivity contribution in [2.24, 2.45) is 9.50 Å². The number of alkyl halides is 3. The fourth-order valence-corrected chi connectivity index (χ4v) is 4.86. The summed E-state index contributed by atoms with van der Waals surface area (Å²) in [5.74, 6) is 0.435. The molecule has 0 bridgehead atoms. The second-order valence-corrected chi connectivity index (χ2v) is 9.56. The lowest BCUT2D eigenvalue weighted by Crippen LogP contribution is -2.23. The lowest BCUT2D eigenvalue weighted by Gasteiger charge is -2.15. The standard InChI is InChI=1S/C24H19ClF3N3O3S/c1-34-19-11-7-17(8-12-19)22-21(16-5-3-2-4-6-16)15-31(29-22)23(25)30-35(32,33)20-13-9-18(10-14-20)24(26,27)28/h2-14,21H,15H2,1H3/b30-23+. The Morgan fingerprint density at radius 3 is 2.23 bits per heavy atom. The molecule has 35 heavy (non-hydrogen) atoms. The summed E-state index contributed by atoms with van der Waals surface area (Å²) in [5.41, 5.74) is 1.42. The number of halogens is 4. The van der Waals surface area contributed by atoms with E-state index in [0.29, 0.717) is 23.6 Å². The van der Waals surface area contributed by atoms with Crippen LogP contribution in [-0.2, 0) is 16.2 Å². The Balaban J connectivity index is 1.66. The molecule has 4 rings (SSSR count). The molecular weight excluding hydrogens is 503 g/mol. The average Bonchev–Trinajstić information content (AvgIpc) is 3.30. The van der Waals surface area contributed by atoms with E-state index in [-0.39, 0.29) is 12.5 Å². The minimum Gasteiger partial charge on any atom is -0.497 e. The number of ether oxygens (including phenoxy) is 1. The van der Waals surface area contributed by atoms with Crippen LogP contribution >= 0.6 is 11.6 Å². The molecule has 3 aromatic rings. The predicted octanol–water partition coefficient (Wildman–Crippen LogP) is 5.50. The van der Waals surface area contributed by atoms with Crippen molar-refractivity contribution in [1.29, 1.82) is 0 Å². The molecule has 0 saturated carbocycles. The fourth-order valence-electron chi connectivity index (χ4n) is 3.60. The van der Waals surface area contributed by atoms with Gasteiger partial charge in [-0.15, -0.1) is 4.40 Å². The molecule has 6 nitrogen and oxygen atoms in total. The number of benzene rings is 3. The maximum atomic E-state index is 12.8. The van der Waals surface area contributed by atoms with Gasteiger partial charge >= 0.3 is 6.18 Å². The third kappa shape index (κ3) is 5.49. The van der Waals surface area contributed by atoms with Crippen molar-refractivity contribution in [2.75, 3.05) is 13.7 Å². The average molecular weight is 522 g/mol. The summed E-state index contributed by atoms with van der Waals surface area (Å²) in [6.45, 7) is 0.218. The Hall–Kier alpha value is -3.37. The van der Waals surface area contributed by atoms with E-state index in [9.17, 15) is 21.6 Å². The molecule has 0 radical (unpaired) electrons. The molecule has 1 heterocycles. The van der Waals surface area contributed by atoms with E-state index in [0.717, 1.165) is 23.3 Å². The molecule has 0 saturated heterocycles. The molecule has 0 aliphatic carbocycles. The molecule has 182 valence electrons. The van der Waals surface area contributed by atoms with Gasteiger partial charge in [0.25, 0.3) is 10.0 Å². The third-order valence-corrected chi connectivity index (χ3v) is 7.05. The molecule has 0 fully saturated rings. The van der Waals surface area contributed by atoms with Crippen LogP contribution in [0.25, 0.3) is 0 Å². The molecule has 0 amide bonds. The lowest BCUT2D eigenvalue weighted by molar-refractivity contribution is -0.137. The number of rotatable bonds is 5. The van der Waals surface area contributed by atoms with Gasteiger partial charge in [0, 0.05) is 5.92 Å². The van der Waals surface area contributed by atoms with E-state index >= 15 is 0 Å². The number of hydrogen-bond acceptors (Lipinski definition) is 4. The first-order valence-corrected chi connectivity index (χ1v) is 12.1. The second kappa shape index (κ2) is 9.71. The van der Waals surface area contributed by atoms with Crippen LogP contribution < -0.4 is 4.74 Å². The molecule has 0 spiro atoms. The van der Waals surface area contributed by atoms with Gasteiger partial charge in [0.2, 0.25) is 5.29 Å². The van der Waals surface area contributed by atoms with Crippen LogP contribution in [0.3, 0.4) is 0 Å². The van der Waals surface area contributed by atoms with Crippen molar-refractivity contribution in [2.45, 2.75) is 17.0 Å². The second-order valence-electron chi connectivity index (χ2n) is 7.62. The van der Waals surface area contributed by atoms with Crippen LogP contribution in [0.2, 0.25) is 0 Å². The van der Waals surface area contributed by atoms with Gasteiger partial charge < -0.3 is 4.74 Å². The molecule has 1 aliphatic heterocycles. The van der Waals surface area contributed by atoms with Crippen LogP contribution in [0.15, 0.2) is 93.3 Å². The van der Waals surface area contributed by atoms with Crippen LogP contribution in [-0.4, -0.2) is 38.1 Å². The van der Waals surface area contributed by atoms with Crippen LogP contribution in [0.5, 0.6) is 5.75 Å². The van der Waals surface area contributed by atoms with Crippen LogP contribution in [0, 0.1) is 0 Å². The number of methoxy groups -OCH3 is 1. The smallest absolute Gasteiger partial charge is 0.416 e. The van der Waals surface area contributed by atoms with Crippen LogP contribution in [0.1, 0.15) is 22.6 Å². The zero-order chi connectivity index (χ0) is 25.2. The van der Waals surface area contributed by atoms with Crippen molar-refractivity contribution in [3.63, 3.8) is 0 Å². The molecule has 1 atom stereocenters. The van der Waals surface area contributed by atoms with E-state index in [2.05, 4.69) is 9.50 Å². The monoisotopic (exact) mass is 521 g/mol. The Morgan fingerprint density at radius 1 is 1.03 bits per heavy atom. The highest BCUT2D eigenvalue weighted by Crippen LogP contribution is 2.32. The van der Waals surface area contributed by atoms with E-state index in [1.807, 2.05) is 42.5 Å². The molecular formula is C24H19ClF3N3O3S. The van der Waals surface area contributed by atoms with Gasteiger partial charge in [0.15, 0.2) is 0 Å². The van der Waals surface area contributed by atoms with Crippen molar-refractivity contribution in [3.05, 3.63) is 95.6 Å². The van der Waals surface area contributed by atoms with Gasteiger partial charge in [-0.2, -0.15) is 26.7 Å². The predicted molar refractivity (Wildman–Crippen MR) is 127 cm³/mol. The Morgan fingerprint density at radius 2 is 1.66 bits per heavy atom. The zero-order valence-corrected chi connectivity index (χ0v) is 19.8. The summed E-state index contributed by atoms with van der Waals surface area (Å²) in [4.78, 5) is -0.415. The SMILES string of the molecule is COc1ccc(C2=NN(/C(Cl)=N/S(=O)(=O)c3ccc(C(F)(F)F)cc3)CC2c2ccccc2)cc1. The molecule has 0 aromatic heterocycles. The highest BCUT2D eigenvalue weighted by Gasteiger charge is 2.33. The van der Waals surface area contributed by atoms with E-state index in [1.54, 1.807) is 19.2 Å². The quantitative estimate of drug-likeness (QED) is 0.252. The number of sulfonamides is 1. The van der Waals surface area contributed by atoms with Crippen molar-refractivity contribution >= 4 is 32.6 Å². The maximum absolute atomic E-state index is 12.8. The number of amidine groups is 1. The molecule has 11 heteroatoms. The van der Waals surface area contributed by atoms with Gasteiger partial charge in [-0.1, -0.05) is 30.3 Å². The minimum atomic E-state index is -4.59. The minimum absolute atomic E-state index is 0.218. The zero-order valence-electron chi connectivity index (χ0n) is 18.3. The Kier molecular flexibility index (Phi) is 6.86. The number of hydrogen-bond donors (Lipinski definition) is 0. The normalized spacial score (nSPS) is 16.8. The van der Waals surface area contributed by atoms with Gasteiger partial charge in [0.05, 0.1) is 29.8 Å². The van der Waals surface area contributed by atoms with Gasteiger partial charge in [-0.05, 0) is 71.3 Å². The van der Waals surface area contributed by atoms with Gasteiger partial charge in [-0.3, -0.25) is 0 Å². The topological polar surface area (TPSA) is 71.3 Å². The largest absolute Gasteiger partial charge is 0.497 e. The first-order chi connectivity index (χ1) is 16.6. The maximum Gasteiger partial charge on any atom is 0.416 e. The van der Waals surface area contributed by atoms with Crippen LogP contribution in [0.4, 0.5) is 13.2 Å². The summed E-state index contributed by atoms with van der Waals surface area (Å²) in [5, 5.41) is 5.37. The summed E-state index contributed by atoms with van der Waals surface area (Å²) in [6, 6.07) is 19.8. The Labute approximate surface area is 205 Å². The highest BCUT2D eigenvalue weighted by atomic mass is 35.5. The summed E-state index contributed by atoms with van der Waals surface area (Å²) < 4.78 is 72.6. The van der Waals surface area contributed by atoms with Crippen molar-refractivity contribution < 1.29 is 26.3 Å². The van der Waals surface area contributed by atoms with E-state index in [1.165, 1.54) is 5.01 Å². The van der Waals surface area contributed by atoms with Crippen molar-refractivity contribution in [1.82, 2.24) is 5.01 Å². The summed E-state index contributed by atoms with van der Waals surface area (Å²) in [7, 11) is -2.81. The van der Waals surface area contributed by atoms with E-state index in [4.69, 9.17) is 16.3 Å². The number of hydrazone groups is 1. The third-order valence-electron chi connectivity index (χ3n) is 5.39.